The molecule has 3 heteroatoms. The van der Waals surface area contributed by atoms with Crippen molar-refractivity contribution in [3.05, 3.63) is 145 Å². The summed E-state index contributed by atoms with van der Waals surface area (Å²) in [5, 5.41) is 4.09. The summed E-state index contributed by atoms with van der Waals surface area (Å²) in [6.07, 6.45) is 0.944. The molecule has 1 heterocycles. The van der Waals surface area contributed by atoms with Gasteiger partial charge in [0.25, 0.3) is 0 Å². The molecular formula is C32H26N2P+. The summed E-state index contributed by atoms with van der Waals surface area (Å²) in [4.78, 5) is 8.61. The van der Waals surface area contributed by atoms with Crippen LogP contribution in [-0.4, -0.2) is 9.97 Å². The van der Waals surface area contributed by atoms with E-state index >= 15 is 0 Å². The lowest BCUT2D eigenvalue weighted by molar-refractivity contribution is 1.34. The maximum atomic E-state index is 5.01. The number of nitrogens with one attached hydrogen (secondary N) is 1. The van der Waals surface area contributed by atoms with Gasteiger partial charge in [0.1, 0.15) is 29.0 Å². The Kier molecular flexibility index (Phi) is 5.74. The van der Waals surface area contributed by atoms with Crippen molar-refractivity contribution in [3.63, 3.8) is 0 Å². The standard InChI is InChI=1S/C32H26N2P/c1-4-14-25(15-5-1)24-35(26-16-6-2-7-17-26,27-18-8-3-9-19-27)31-23-13-10-20-28(31)32-33-29-21-11-12-22-30(29)34-32/h1-23H,24H2,(H,33,34)/q+1. The van der Waals surface area contributed by atoms with Gasteiger partial charge in [-0.15, -0.1) is 0 Å². The SMILES string of the molecule is c1ccc(C[P+](c2ccccc2)(c2ccccc2)c2ccccc2-c2nc3ccccc3[nH]2)cc1. The van der Waals surface area contributed by atoms with Crippen molar-refractivity contribution in [1.82, 2.24) is 9.97 Å². The van der Waals surface area contributed by atoms with Gasteiger partial charge in [-0.25, -0.2) is 4.98 Å². The smallest absolute Gasteiger partial charge is 0.142 e. The predicted octanol–water partition coefficient (Wildman–Crippen LogP) is 6.72. The van der Waals surface area contributed by atoms with Gasteiger partial charge in [-0.1, -0.05) is 91.0 Å². The average molecular weight is 470 g/mol. The molecule has 0 aliphatic heterocycles. The Balaban J connectivity index is 1.67. The number of benzene rings is 5. The third-order valence-electron chi connectivity index (χ3n) is 6.62. The van der Waals surface area contributed by atoms with Crippen LogP contribution in [0, 0.1) is 0 Å². The third kappa shape index (κ3) is 3.97. The number of hydrogen-bond donors (Lipinski definition) is 1. The normalized spacial score (nSPS) is 11.5. The van der Waals surface area contributed by atoms with Crippen LogP contribution in [0.5, 0.6) is 0 Å². The summed E-state index contributed by atoms with van der Waals surface area (Å²) in [6.45, 7) is 0. The van der Waals surface area contributed by atoms with E-state index in [2.05, 4.69) is 138 Å². The molecule has 1 N–H and O–H groups in total. The van der Waals surface area contributed by atoms with E-state index < -0.39 is 7.26 Å². The van der Waals surface area contributed by atoms with Crippen molar-refractivity contribution >= 4 is 34.2 Å². The highest BCUT2D eigenvalue weighted by atomic mass is 31.2. The third-order valence-corrected chi connectivity index (χ3v) is 11.0. The molecule has 5 aromatic carbocycles. The summed E-state index contributed by atoms with van der Waals surface area (Å²) in [5.74, 6) is 0.922. The molecule has 0 spiro atoms. The minimum atomic E-state index is -2.08. The summed E-state index contributed by atoms with van der Waals surface area (Å²) < 4.78 is 0. The van der Waals surface area contributed by atoms with Crippen LogP contribution in [-0.2, 0) is 6.16 Å². The number of aromatic nitrogens is 2. The fraction of sp³-hybridized carbons (Fsp3) is 0.0312. The quantitative estimate of drug-likeness (QED) is 0.269. The van der Waals surface area contributed by atoms with Crippen molar-refractivity contribution in [3.8, 4) is 11.4 Å². The van der Waals surface area contributed by atoms with E-state index in [9.17, 15) is 0 Å². The molecular weight excluding hydrogens is 443 g/mol. The van der Waals surface area contributed by atoms with E-state index in [1.807, 2.05) is 6.07 Å². The number of H-pyrrole nitrogens is 1. The molecule has 0 radical (unpaired) electrons. The Morgan fingerprint density at radius 2 is 1.09 bits per heavy atom. The molecule has 0 bridgehead atoms. The summed E-state index contributed by atoms with van der Waals surface area (Å²) >= 11 is 0. The second-order valence-electron chi connectivity index (χ2n) is 8.74. The molecule has 168 valence electrons. The lowest BCUT2D eigenvalue weighted by Gasteiger charge is -2.29. The number of fused-ring (bicyclic) bond motifs is 1. The largest absolute Gasteiger partial charge is 0.338 e. The van der Waals surface area contributed by atoms with Gasteiger partial charge in [-0.3, -0.25) is 0 Å². The lowest BCUT2D eigenvalue weighted by Crippen LogP contribution is -2.33. The first-order valence-electron chi connectivity index (χ1n) is 11.9. The summed E-state index contributed by atoms with van der Waals surface area (Å²) in [7, 11) is -2.08. The average Bonchev–Trinajstić information content (AvgIpc) is 3.38. The van der Waals surface area contributed by atoms with Crippen molar-refractivity contribution < 1.29 is 0 Å². The molecule has 2 nitrogen and oxygen atoms in total. The van der Waals surface area contributed by atoms with Gasteiger partial charge in [-0.05, 0) is 54.1 Å². The maximum Gasteiger partial charge on any atom is 0.142 e. The van der Waals surface area contributed by atoms with Crippen LogP contribution >= 0.6 is 7.26 Å². The maximum absolute atomic E-state index is 5.01. The second-order valence-corrected chi connectivity index (χ2v) is 12.2. The van der Waals surface area contributed by atoms with E-state index in [0.717, 1.165) is 23.0 Å². The molecule has 1 aromatic heterocycles. The number of nitrogens with zero attached hydrogens (tertiary/aromatic N) is 1. The van der Waals surface area contributed by atoms with Crippen molar-refractivity contribution in [1.29, 1.82) is 0 Å². The molecule has 6 aromatic rings. The van der Waals surface area contributed by atoms with Gasteiger partial charge in [0.15, 0.2) is 0 Å². The van der Waals surface area contributed by atoms with Gasteiger partial charge in [-0.2, -0.15) is 0 Å². The van der Waals surface area contributed by atoms with Gasteiger partial charge in [0.2, 0.25) is 0 Å². The molecule has 0 amide bonds. The van der Waals surface area contributed by atoms with Gasteiger partial charge >= 0.3 is 0 Å². The number of imidazole rings is 1. The van der Waals surface area contributed by atoms with Crippen LogP contribution in [0.25, 0.3) is 22.4 Å². The minimum absolute atomic E-state index is 0.922. The second kappa shape index (κ2) is 9.33. The summed E-state index contributed by atoms with van der Waals surface area (Å²) in [6, 6.07) is 50.1. The van der Waals surface area contributed by atoms with Crippen molar-refractivity contribution in [2.75, 3.05) is 0 Å². The fourth-order valence-corrected chi connectivity index (χ4v) is 9.45. The van der Waals surface area contributed by atoms with Crippen LogP contribution in [0.4, 0.5) is 0 Å². The molecule has 0 saturated heterocycles. The first kappa shape index (κ1) is 21.5. The van der Waals surface area contributed by atoms with E-state index in [1.54, 1.807) is 0 Å². The predicted molar refractivity (Wildman–Crippen MR) is 150 cm³/mol. The minimum Gasteiger partial charge on any atom is -0.338 e. The molecule has 0 unspecified atom stereocenters. The van der Waals surface area contributed by atoms with Gasteiger partial charge < -0.3 is 4.98 Å². The Morgan fingerprint density at radius 3 is 1.74 bits per heavy atom. The molecule has 0 fully saturated rings. The van der Waals surface area contributed by atoms with Crippen LogP contribution in [0.2, 0.25) is 0 Å². The van der Waals surface area contributed by atoms with E-state index in [4.69, 9.17) is 4.98 Å². The molecule has 0 saturated carbocycles. The lowest BCUT2D eigenvalue weighted by atomic mass is 10.2. The first-order chi connectivity index (χ1) is 17.3. The number of rotatable bonds is 6. The molecule has 0 aliphatic rings. The topological polar surface area (TPSA) is 28.7 Å². The highest BCUT2D eigenvalue weighted by Gasteiger charge is 2.47. The highest BCUT2D eigenvalue weighted by Crippen LogP contribution is 2.59. The molecule has 35 heavy (non-hydrogen) atoms. The number of hydrogen-bond acceptors (Lipinski definition) is 1. The summed E-state index contributed by atoms with van der Waals surface area (Å²) in [5.41, 5.74) is 4.56. The highest BCUT2D eigenvalue weighted by molar-refractivity contribution is 7.95. The zero-order chi connectivity index (χ0) is 23.5. The van der Waals surface area contributed by atoms with E-state index in [0.29, 0.717) is 0 Å². The van der Waals surface area contributed by atoms with Crippen molar-refractivity contribution in [2.45, 2.75) is 6.16 Å². The van der Waals surface area contributed by atoms with E-state index in [-0.39, 0.29) is 0 Å². The van der Waals surface area contributed by atoms with Crippen molar-refractivity contribution in [2.24, 2.45) is 0 Å². The molecule has 0 atom stereocenters. The van der Waals surface area contributed by atoms with Crippen LogP contribution < -0.4 is 15.9 Å². The van der Waals surface area contributed by atoms with Gasteiger partial charge in [0.05, 0.1) is 22.8 Å². The first-order valence-corrected chi connectivity index (χ1v) is 13.9. The Bertz CT molecular complexity index is 1480. The zero-order valence-electron chi connectivity index (χ0n) is 19.4. The Morgan fingerprint density at radius 1 is 0.543 bits per heavy atom. The zero-order valence-corrected chi connectivity index (χ0v) is 20.3. The molecule has 6 rings (SSSR count). The van der Waals surface area contributed by atoms with Crippen LogP contribution in [0.3, 0.4) is 0 Å². The number of aromatic amines is 1. The Hall–Kier alpha value is -4.00. The monoisotopic (exact) mass is 469 g/mol. The molecule has 0 aliphatic carbocycles. The van der Waals surface area contributed by atoms with E-state index in [1.165, 1.54) is 27.0 Å². The van der Waals surface area contributed by atoms with Gasteiger partial charge in [0, 0.05) is 0 Å². The Labute approximate surface area is 206 Å². The fourth-order valence-electron chi connectivity index (χ4n) is 5.00. The van der Waals surface area contributed by atoms with Crippen LogP contribution in [0.15, 0.2) is 140 Å². The van der Waals surface area contributed by atoms with Crippen LogP contribution in [0.1, 0.15) is 5.56 Å². The number of para-hydroxylation sites is 2.